The maximum absolute atomic E-state index is 16.2. The maximum atomic E-state index is 16.2. The summed E-state index contributed by atoms with van der Waals surface area (Å²) in [6.07, 6.45) is -18.4. The molecule has 6 aromatic carbocycles. The van der Waals surface area contributed by atoms with E-state index < -0.39 is 265 Å². The molecule has 0 saturated carbocycles. The highest BCUT2D eigenvalue weighted by Gasteiger charge is 2.52. The lowest BCUT2D eigenvalue weighted by atomic mass is 9.85. The van der Waals surface area contributed by atoms with Crippen LogP contribution in [0.2, 0.25) is 15.1 Å². The number of carboxylic acids is 1. The molecule has 38 nitrogen and oxygen atoms in total. The van der Waals surface area contributed by atoms with Crippen molar-refractivity contribution in [1.82, 2.24) is 52.1 Å². The largest absolute Gasteiger partial charge is 0.508 e. The summed E-state index contributed by atoms with van der Waals surface area (Å²) in [5.41, 5.74) is 0.289. The topological polar surface area (TPSA) is 580 Å². The summed E-state index contributed by atoms with van der Waals surface area (Å²) in [4.78, 5) is 148. The SMILES string of the molecule is CN[C@@H](CC(C)C)C(=O)N[C@H]1C(=O)N[C@@H](CC(N)=O)C(=O)NC2C(=O)N[C@@H]3C(=O)N[C@@H](C(=O)N[C@@H](C(=O)O)c4cc(O)cc(O)c4-c4cc3ccc4O)[C@H](O)c3ccc(c(Cl)c3)Oc3cc2cc(c3OC2O[C@@H](CO)[C@@H](O)[C@@H](O)[C@H]2O[C@H]2CC(C)(NCCn3ccc(NC(=O)c4cc(F)cc(Cl)c4)nc3=O)[C@@H](O)C(C)O2)Oc2ccc(cc2Cl)[C@H]1O. The predicted octanol–water partition coefficient (Wildman–Crippen LogP) is 2.04. The summed E-state index contributed by atoms with van der Waals surface area (Å²) >= 11 is 20.2. The van der Waals surface area contributed by atoms with Gasteiger partial charge in [0.05, 0.1) is 41.3 Å². The second-order valence-corrected chi connectivity index (χ2v) is 31.2. The molecule has 42 heteroatoms. The number of aliphatic hydroxyl groups is 6. The number of nitrogens with zero attached hydrogens (tertiary/aromatic N) is 2. The van der Waals surface area contributed by atoms with Gasteiger partial charge < -0.3 is 133 Å². The number of carbonyl (C=O) groups is 9. The van der Waals surface area contributed by atoms with Crippen molar-refractivity contribution >= 4 is 93.8 Å². The van der Waals surface area contributed by atoms with E-state index in [1.165, 1.54) is 42.9 Å². The van der Waals surface area contributed by atoms with Gasteiger partial charge in [0.15, 0.2) is 29.9 Å². The molecule has 0 radical (unpaired) electrons. The zero-order valence-corrected chi connectivity index (χ0v) is 66.8. The van der Waals surface area contributed by atoms with Crippen LogP contribution in [-0.4, -0.2) is 213 Å². The maximum Gasteiger partial charge on any atom is 0.349 e. The van der Waals surface area contributed by atoms with Crippen LogP contribution in [0.5, 0.6) is 46.0 Å². The number of halogens is 4. The molecule has 644 valence electrons. The van der Waals surface area contributed by atoms with Crippen LogP contribution in [0.15, 0.2) is 114 Å². The number of phenolic OH excluding ortho intramolecular Hbond substituents is 3. The number of likely N-dealkylation sites (N-methyl/N-ethyl adjacent to an activating group) is 1. The van der Waals surface area contributed by atoms with Crippen LogP contribution in [0, 0.1) is 11.7 Å². The zero-order valence-electron chi connectivity index (χ0n) is 64.5. The number of carboxylic acid groups (broad SMARTS) is 1. The molecular weight excluding hydrogens is 1660 g/mol. The minimum absolute atomic E-state index is 0.0562. The average molecular weight is 1740 g/mol. The molecule has 7 aliphatic rings. The van der Waals surface area contributed by atoms with Gasteiger partial charge in [-0.25, -0.2) is 14.0 Å². The van der Waals surface area contributed by atoms with Gasteiger partial charge in [0.2, 0.25) is 53.4 Å². The van der Waals surface area contributed by atoms with Crippen LogP contribution in [0.3, 0.4) is 0 Å². The van der Waals surface area contributed by atoms with Crippen LogP contribution < -0.4 is 73.5 Å². The lowest BCUT2D eigenvalue weighted by Crippen LogP contribution is -2.65. The number of amides is 8. The quantitative estimate of drug-likeness (QED) is 0.0551. The van der Waals surface area contributed by atoms with Gasteiger partial charge in [-0.3, -0.25) is 42.9 Å². The van der Waals surface area contributed by atoms with E-state index in [4.69, 9.17) is 69.0 Å². The highest BCUT2D eigenvalue weighted by molar-refractivity contribution is 6.32. The molecule has 0 aliphatic carbocycles. The number of hydrogen-bond acceptors (Lipinski definition) is 28. The number of nitrogens with one attached hydrogen (secondary N) is 9. The second-order valence-electron chi connectivity index (χ2n) is 30.0. The van der Waals surface area contributed by atoms with E-state index >= 15 is 14.4 Å². The first-order valence-corrected chi connectivity index (χ1v) is 38.7. The number of phenols is 3. The minimum atomic E-state index is -2.41. The Kier molecular flexibility index (Phi) is 27.1. The Morgan fingerprint density at radius 2 is 1.37 bits per heavy atom. The Morgan fingerprint density at radius 1 is 0.727 bits per heavy atom. The van der Waals surface area contributed by atoms with Gasteiger partial charge in [0, 0.05) is 64.6 Å². The molecule has 0 spiro atoms. The Hall–Kier alpha value is -11.4. The number of aliphatic hydroxyl groups excluding tert-OH is 6. The average Bonchev–Trinajstić information content (AvgIpc) is 0.766. The number of anilines is 1. The molecule has 14 rings (SSSR count). The van der Waals surface area contributed by atoms with E-state index in [0.717, 1.165) is 84.9 Å². The first kappa shape index (κ1) is 88.9. The number of aromatic hydroxyl groups is 3. The normalized spacial score (nSPS) is 26.4. The Labute approximate surface area is 700 Å². The molecule has 2 fully saturated rings. The molecule has 11 bridgehead atoms. The number of carbonyl (C=O) groups excluding carboxylic acids is 8. The van der Waals surface area contributed by atoms with Crippen LogP contribution in [-0.2, 0) is 59.1 Å². The number of rotatable bonds is 19. The first-order chi connectivity index (χ1) is 57.3. The van der Waals surface area contributed by atoms with Gasteiger partial charge in [-0.1, -0.05) is 66.8 Å². The van der Waals surface area contributed by atoms with Gasteiger partial charge in [-0.2, -0.15) is 4.98 Å². The zero-order chi connectivity index (χ0) is 87.7. The van der Waals surface area contributed by atoms with E-state index in [9.17, 15) is 89.0 Å². The van der Waals surface area contributed by atoms with Crippen LogP contribution in [0.25, 0.3) is 11.1 Å². The number of benzene rings is 6. The molecule has 4 unspecified atom stereocenters. The highest BCUT2D eigenvalue weighted by Crippen LogP contribution is 2.50. The van der Waals surface area contributed by atoms with E-state index in [1.807, 2.05) is 0 Å². The summed E-state index contributed by atoms with van der Waals surface area (Å²) in [6, 6.07) is 3.18. The summed E-state index contributed by atoms with van der Waals surface area (Å²) in [7, 11) is 1.46. The van der Waals surface area contributed by atoms with Crippen molar-refractivity contribution in [2.45, 2.75) is 163 Å². The standard InChI is InChI=1S/C79H84Cl3FN12O26/c1-30(2)16-44(85-5)70(107)93-60-62(101)33-7-10-48(42(81)20-33)117-50-22-35-23-51(66(50)121-77-67(65(104)64(103)52(29-96)119-77)120-55-28-79(4,68(105)31(3)116-55)86-13-15-95-14-12-54(89-78(95)115)88-69(106)36-17-37(80)24-38(83)18-36)118-49-11-8-34(21-43(49)82)63(102)61-75(112)92-59(76(113)114)41-25-39(97)26-47(99)56(41)40-19-32(6-9-46(40)98)57(72(109)94-61)91-73(110)58(35)90-71(108)45(27-53(84)100)87-74(60)111/h6-12,14,17-26,30-31,44-45,52,55,57-65,67-68,77,85-86,96-99,101-105H,13,15-16,27-29H2,1-5H3,(H2,84,100)(H,87,111)(H,90,108)(H,91,110)(H,92,112)(H,93,107)(H,94,109)(H,113,114)(H,88,89,106,115)/t31?,44-,45-,52-,55-,57-,58?,59+,60+,61+,62+,63+,64+,65+,67+,68-,77?,79?/m0/s1. The summed E-state index contributed by atoms with van der Waals surface area (Å²) < 4.78 is 54.4. The van der Waals surface area contributed by atoms with Crippen molar-refractivity contribution < 1.29 is 127 Å². The number of fused-ring (bicyclic) bond motifs is 15. The fourth-order valence-corrected chi connectivity index (χ4v) is 15.3. The number of ether oxygens (including phenoxy) is 6. The van der Waals surface area contributed by atoms with Gasteiger partial charge in [-0.15, -0.1) is 0 Å². The third kappa shape index (κ3) is 19.6. The van der Waals surface area contributed by atoms with Gasteiger partial charge in [0.25, 0.3) is 5.91 Å². The Bertz CT molecular complexity index is 5270. The van der Waals surface area contributed by atoms with E-state index in [-0.39, 0.29) is 64.9 Å². The number of nitrogens with two attached hydrogens (primary N) is 1. The molecule has 7 aromatic rings. The molecule has 121 heavy (non-hydrogen) atoms. The van der Waals surface area contributed by atoms with Crippen LogP contribution in [0.1, 0.15) is 115 Å². The van der Waals surface area contributed by atoms with E-state index in [0.29, 0.717) is 0 Å². The summed E-state index contributed by atoms with van der Waals surface area (Å²) in [6.45, 7) is 5.42. The molecule has 8 heterocycles. The molecule has 2 saturated heterocycles. The summed E-state index contributed by atoms with van der Waals surface area (Å²) in [5, 5.41) is 138. The lowest BCUT2D eigenvalue weighted by Gasteiger charge is -2.48. The Morgan fingerprint density at radius 3 is 1.99 bits per heavy atom. The van der Waals surface area contributed by atoms with Crippen molar-refractivity contribution in [3.05, 3.63) is 174 Å². The Balaban J connectivity index is 1.00. The molecule has 1 aromatic heterocycles. The third-order valence-corrected chi connectivity index (χ3v) is 21.7. The fourth-order valence-electron chi connectivity index (χ4n) is 14.6. The van der Waals surface area contributed by atoms with Crippen molar-refractivity contribution in [3.63, 3.8) is 0 Å². The smallest absolute Gasteiger partial charge is 0.349 e. The van der Waals surface area contributed by atoms with Crippen LogP contribution >= 0.6 is 34.8 Å². The number of hydrogen-bond donors (Lipinski definition) is 20. The fraction of sp³-hybridized carbons (Fsp3) is 0.380. The van der Waals surface area contributed by atoms with Crippen molar-refractivity contribution in [3.8, 4) is 57.1 Å². The first-order valence-electron chi connectivity index (χ1n) is 37.6. The molecule has 18 atom stereocenters. The van der Waals surface area contributed by atoms with Gasteiger partial charge in [-0.05, 0) is 134 Å². The number of aliphatic carboxylic acids is 1. The predicted molar refractivity (Wildman–Crippen MR) is 421 cm³/mol. The highest BCUT2D eigenvalue weighted by atomic mass is 35.5. The molecular formula is C79H84Cl3FN12O26. The summed E-state index contributed by atoms with van der Waals surface area (Å²) in [5.74, 6) is -18.4. The van der Waals surface area contributed by atoms with E-state index in [1.54, 1.807) is 20.8 Å². The van der Waals surface area contributed by atoms with Crippen molar-refractivity contribution in [1.29, 1.82) is 0 Å². The lowest BCUT2D eigenvalue weighted by molar-refractivity contribution is -0.334. The van der Waals surface area contributed by atoms with Crippen molar-refractivity contribution in [2.24, 2.45) is 11.7 Å². The minimum Gasteiger partial charge on any atom is -0.508 e. The van der Waals surface area contributed by atoms with E-state index in [2.05, 4.69) is 52.8 Å². The number of primary amides is 1. The van der Waals surface area contributed by atoms with Crippen molar-refractivity contribution in [2.75, 3.05) is 25.5 Å². The molecule has 7 aliphatic heterocycles. The number of aromatic nitrogens is 2. The van der Waals surface area contributed by atoms with Crippen LogP contribution in [0.4, 0.5) is 10.2 Å². The third-order valence-electron chi connectivity index (χ3n) is 20.9. The monoisotopic (exact) mass is 1740 g/mol. The molecule has 21 N–H and O–H groups in total. The van der Waals surface area contributed by atoms with Gasteiger partial charge in [0.1, 0.15) is 101 Å². The second kappa shape index (κ2) is 36.9. The van der Waals surface area contributed by atoms with Gasteiger partial charge >= 0.3 is 11.7 Å². The molecule has 8 amide bonds.